The summed E-state index contributed by atoms with van der Waals surface area (Å²) in [6, 6.07) is 11.6. The minimum Gasteiger partial charge on any atom is -0.371 e. The van der Waals surface area contributed by atoms with Crippen LogP contribution >= 0.6 is 0 Å². The molecule has 1 heterocycles. The van der Waals surface area contributed by atoms with E-state index in [-0.39, 0.29) is 17.4 Å². The van der Waals surface area contributed by atoms with Crippen molar-refractivity contribution in [2.24, 2.45) is 0 Å². The fourth-order valence-corrected chi connectivity index (χ4v) is 2.66. The smallest absolute Gasteiger partial charge is 0.192 e. The molecule has 3 nitrogen and oxygen atoms in total. The van der Waals surface area contributed by atoms with E-state index in [1.165, 1.54) is 36.4 Å². The van der Waals surface area contributed by atoms with Gasteiger partial charge in [0.1, 0.15) is 17.5 Å². The van der Waals surface area contributed by atoms with Crippen LogP contribution in [0.15, 0.2) is 59.9 Å². The predicted molar refractivity (Wildman–Crippen MR) is 88.5 cm³/mol. The molecule has 0 radical (unpaired) electrons. The van der Waals surface area contributed by atoms with Crippen molar-refractivity contribution in [2.75, 3.05) is 13.1 Å². The molecule has 0 amide bonds. The number of allylic oxidation sites excluding steroid dienone is 1. The van der Waals surface area contributed by atoms with E-state index in [0.717, 1.165) is 25.1 Å². The third-order valence-corrected chi connectivity index (χ3v) is 3.93. The Kier molecular flexibility index (Phi) is 4.89. The van der Waals surface area contributed by atoms with Gasteiger partial charge in [-0.3, -0.25) is 4.79 Å². The van der Waals surface area contributed by atoms with Crippen molar-refractivity contribution in [1.82, 2.24) is 10.6 Å². The van der Waals surface area contributed by atoms with Crippen LogP contribution in [-0.2, 0) is 6.42 Å². The van der Waals surface area contributed by atoms with E-state index >= 15 is 0 Å². The van der Waals surface area contributed by atoms with Gasteiger partial charge in [-0.05, 0) is 48.4 Å². The molecule has 1 aliphatic heterocycles. The van der Waals surface area contributed by atoms with Crippen molar-refractivity contribution in [2.45, 2.75) is 12.8 Å². The molecule has 3 rings (SSSR count). The number of benzene rings is 2. The Morgan fingerprint density at radius 3 is 2.00 bits per heavy atom. The summed E-state index contributed by atoms with van der Waals surface area (Å²) in [4.78, 5) is 12.9. The van der Waals surface area contributed by atoms with E-state index in [0.29, 0.717) is 23.4 Å². The van der Waals surface area contributed by atoms with Crippen LogP contribution in [0.25, 0.3) is 0 Å². The number of nitrogens with one attached hydrogen (secondary N) is 2. The number of hydrogen-bond acceptors (Lipinski definition) is 3. The molecule has 0 unspecified atom stereocenters. The number of rotatable bonds is 4. The minimum atomic E-state index is -0.381. The summed E-state index contributed by atoms with van der Waals surface area (Å²) in [6.07, 6.45) is 1.34. The Balaban J connectivity index is 1.93. The molecule has 2 aromatic rings. The molecule has 0 bridgehead atoms. The quantitative estimate of drug-likeness (QED) is 0.669. The van der Waals surface area contributed by atoms with Crippen LogP contribution in [0.4, 0.5) is 8.78 Å². The predicted octanol–water partition coefficient (Wildman–Crippen LogP) is 3.18. The van der Waals surface area contributed by atoms with Gasteiger partial charge in [0.15, 0.2) is 5.78 Å². The van der Waals surface area contributed by atoms with Gasteiger partial charge in [-0.2, -0.15) is 0 Å². The molecule has 5 heteroatoms. The van der Waals surface area contributed by atoms with Crippen LogP contribution in [0.2, 0.25) is 0 Å². The lowest BCUT2D eigenvalue weighted by Gasteiger charge is -2.23. The number of hydrogen-bond donors (Lipinski definition) is 2. The first-order valence-electron chi connectivity index (χ1n) is 7.89. The largest absolute Gasteiger partial charge is 0.371 e. The molecule has 1 saturated heterocycles. The summed E-state index contributed by atoms with van der Waals surface area (Å²) in [5, 5.41) is 6.42. The molecular weight excluding hydrogens is 310 g/mol. The molecule has 1 aliphatic rings. The second-order valence-electron chi connectivity index (χ2n) is 5.70. The van der Waals surface area contributed by atoms with E-state index in [9.17, 15) is 13.6 Å². The SMILES string of the molecule is O=C(C(Cc1ccc(F)cc1)=C1NCCCN1)c1ccc(F)cc1. The average Bonchev–Trinajstić information content (AvgIpc) is 2.62. The van der Waals surface area contributed by atoms with Crippen LogP contribution < -0.4 is 10.6 Å². The summed E-state index contributed by atoms with van der Waals surface area (Å²) in [5.41, 5.74) is 1.83. The maximum Gasteiger partial charge on any atom is 0.192 e. The van der Waals surface area contributed by atoms with Crippen molar-refractivity contribution < 1.29 is 13.6 Å². The van der Waals surface area contributed by atoms with Crippen LogP contribution in [0.1, 0.15) is 22.3 Å². The zero-order chi connectivity index (χ0) is 16.9. The lowest BCUT2D eigenvalue weighted by Crippen LogP contribution is -2.37. The van der Waals surface area contributed by atoms with Gasteiger partial charge in [-0.25, -0.2) is 8.78 Å². The highest BCUT2D eigenvalue weighted by Crippen LogP contribution is 2.18. The van der Waals surface area contributed by atoms with E-state index in [4.69, 9.17) is 0 Å². The minimum absolute atomic E-state index is 0.170. The molecular formula is C19H18F2N2O. The van der Waals surface area contributed by atoms with Crippen molar-refractivity contribution in [3.05, 3.63) is 82.7 Å². The summed E-state index contributed by atoms with van der Waals surface area (Å²) < 4.78 is 26.2. The lowest BCUT2D eigenvalue weighted by molar-refractivity contribution is 0.102. The number of halogens is 2. The summed E-state index contributed by atoms with van der Waals surface area (Å²) in [7, 11) is 0. The molecule has 0 spiro atoms. The zero-order valence-electron chi connectivity index (χ0n) is 13.1. The van der Waals surface area contributed by atoms with Gasteiger partial charge >= 0.3 is 0 Å². The van der Waals surface area contributed by atoms with Gasteiger partial charge < -0.3 is 10.6 Å². The molecule has 0 aromatic heterocycles. The first kappa shape index (κ1) is 16.2. The second kappa shape index (κ2) is 7.25. The fraction of sp³-hybridized carbons (Fsp3) is 0.211. The van der Waals surface area contributed by atoms with Gasteiger partial charge in [0.2, 0.25) is 0 Å². The van der Waals surface area contributed by atoms with E-state index in [1.54, 1.807) is 12.1 Å². The maximum absolute atomic E-state index is 13.1. The highest BCUT2D eigenvalue weighted by Gasteiger charge is 2.19. The molecule has 0 aliphatic carbocycles. The molecule has 124 valence electrons. The van der Waals surface area contributed by atoms with E-state index in [2.05, 4.69) is 10.6 Å². The van der Waals surface area contributed by atoms with Crippen molar-refractivity contribution in [3.63, 3.8) is 0 Å². The van der Waals surface area contributed by atoms with Crippen LogP contribution in [0.5, 0.6) is 0 Å². The number of Topliss-reactive ketones (excluding diaryl/α,β-unsaturated/α-hetero) is 1. The average molecular weight is 328 g/mol. The Morgan fingerprint density at radius 2 is 1.42 bits per heavy atom. The third kappa shape index (κ3) is 3.79. The van der Waals surface area contributed by atoms with Crippen LogP contribution in [-0.4, -0.2) is 18.9 Å². The van der Waals surface area contributed by atoms with Crippen molar-refractivity contribution in [1.29, 1.82) is 0 Å². The Labute approximate surface area is 139 Å². The first-order valence-corrected chi connectivity index (χ1v) is 7.89. The fourth-order valence-electron chi connectivity index (χ4n) is 2.66. The van der Waals surface area contributed by atoms with Crippen LogP contribution in [0, 0.1) is 11.6 Å². The second-order valence-corrected chi connectivity index (χ2v) is 5.70. The van der Waals surface area contributed by atoms with E-state index < -0.39 is 0 Å². The lowest BCUT2D eigenvalue weighted by atomic mass is 9.96. The Hall–Kier alpha value is -2.69. The number of carbonyl (C=O) groups excluding carboxylic acids is 1. The van der Waals surface area contributed by atoms with Crippen molar-refractivity contribution >= 4 is 5.78 Å². The summed E-state index contributed by atoms with van der Waals surface area (Å²) >= 11 is 0. The van der Waals surface area contributed by atoms with Gasteiger partial charge in [0, 0.05) is 30.6 Å². The van der Waals surface area contributed by atoms with Gasteiger partial charge in [0.05, 0.1) is 0 Å². The monoisotopic (exact) mass is 328 g/mol. The van der Waals surface area contributed by atoms with Crippen molar-refractivity contribution in [3.8, 4) is 0 Å². The molecule has 0 saturated carbocycles. The van der Waals surface area contributed by atoms with Gasteiger partial charge in [-0.15, -0.1) is 0 Å². The highest BCUT2D eigenvalue weighted by molar-refractivity contribution is 6.09. The molecule has 24 heavy (non-hydrogen) atoms. The maximum atomic E-state index is 13.1. The summed E-state index contributed by atoms with van der Waals surface area (Å²) in [5.74, 6) is -0.170. The Morgan fingerprint density at radius 1 is 0.875 bits per heavy atom. The van der Waals surface area contributed by atoms with Gasteiger partial charge in [-0.1, -0.05) is 12.1 Å². The number of ketones is 1. The molecule has 0 atom stereocenters. The third-order valence-electron chi connectivity index (χ3n) is 3.93. The molecule has 2 N–H and O–H groups in total. The molecule has 1 fully saturated rings. The Bertz CT molecular complexity index is 744. The topological polar surface area (TPSA) is 41.1 Å². The zero-order valence-corrected chi connectivity index (χ0v) is 13.1. The highest BCUT2D eigenvalue weighted by atomic mass is 19.1. The summed E-state index contributed by atoms with van der Waals surface area (Å²) in [6.45, 7) is 1.57. The van der Waals surface area contributed by atoms with Crippen LogP contribution in [0.3, 0.4) is 0 Å². The normalized spacial score (nSPS) is 13.8. The standard InChI is InChI=1S/C19H18F2N2O/c20-15-6-2-13(3-7-15)12-17(19-22-10-1-11-23-19)18(24)14-4-8-16(21)9-5-14/h2-9,22-23H,1,10-12H2. The van der Waals surface area contributed by atoms with E-state index in [1.807, 2.05) is 0 Å². The first-order chi connectivity index (χ1) is 11.6. The van der Waals surface area contributed by atoms with Gasteiger partial charge in [0.25, 0.3) is 0 Å². The molecule has 2 aromatic carbocycles. The number of carbonyl (C=O) groups is 1.